The number of methoxy groups -OCH3 is 1. The van der Waals surface area contributed by atoms with Crippen molar-refractivity contribution in [3.63, 3.8) is 0 Å². The highest BCUT2D eigenvalue weighted by Crippen LogP contribution is 2.26. The van der Waals surface area contributed by atoms with Gasteiger partial charge in [-0.3, -0.25) is 4.79 Å². The van der Waals surface area contributed by atoms with E-state index in [-0.39, 0.29) is 11.4 Å². The molecule has 2 rings (SSSR count). The molecule has 1 N–H and O–H groups in total. The van der Waals surface area contributed by atoms with Crippen LogP contribution in [0, 0.1) is 5.82 Å². The van der Waals surface area contributed by atoms with Gasteiger partial charge in [-0.15, -0.1) is 0 Å². The molecule has 0 unspecified atom stereocenters. The second-order valence-corrected chi connectivity index (χ2v) is 8.56. The van der Waals surface area contributed by atoms with Crippen LogP contribution >= 0.6 is 0 Å². The van der Waals surface area contributed by atoms with Crippen LogP contribution in [0.1, 0.15) is 22.8 Å². The molecule has 2 aromatic rings. The summed E-state index contributed by atoms with van der Waals surface area (Å²) in [5, 5.41) is 2.71. The van der Waals surface area contributed by atoms with Gasteiger partial charge < -0.3 is 10.1 Å². The summed E-state index contributed by atoms with van der Waals surface area (Å²) in [5.41, 5.74) is -0.421. The number of nitrogens with zero attached hydrogens (tertiary/aromatic N) is 1. The number of sulfonamides is 1. The SMILES string of the molecule is CO[C@](C)(CNC(=O)c1ccc(S(=O)(=O)N(C)C)cc1)c1ccccc1F. The number of amides is 1. The van der Waals surface area contributed by atoms with Crippen LogP contribution in [-0.4, -0.2) is 46.4 Å². The van der Waals surface area contributed by atoms with Crippen molar-refractivity contribution in [3.8, 4) is 0 Å². The fraction of sp³-hybridized carbons (Fsp3) is 0.316. The van der Waals surface area contributed by atoms with Crippen molar-refractivity contribution in [2.45, 2.75) is 17.4 Å². The van der Waals surface area contributed by atoms with E-state index in [2.05, 4.69) is 5.32 Å². The van der Waals surface area contributed by atoms with Gasteiger partial charge in [0.1, 0.15) is 11.4 Å². The number of rotatable bonds is 7. The Morgan fingerprint density at radius 3 is 2.26 bits per heavy atom. The highest BCUT2D eigenvalue weighted by molar-refractivity contribution is 7.89. The molecule has 0 aromatic heterocycles. The highest BCUT2D eigenvalue weighted by atomic mass is 32.2. The number of benzene rings is 2. The Bertz CT molecular complexity index is 914. The zero-order valence-corrected chi connectivity index (χ0v) is 16.5. The number of hydrogen-bond donors (Lipinski definition) is 1. The van der Waals surface area contributed by atoms with Crippen molar-refractivity contribution in [1.29, 1.82) is 0 Å². The van der Waals surface area contributed by atoms with E-state index in [1.807, 2.05) is 0 Å². The summed E-state index contributed by atoms with van der Waals surface area (Å²) in [6.07, 6.45) is 0. The molecule has 0 saturated heterocycles. The first-order chi connectivity index (χ1) is 12.6. The largest absolute Gasteiger partial charge is 0.372 e. The average molecular weight is 394 g/mol. The van der Waals surface area contributed by atoms with Crippen molar-refractivity contribution in [2.24, 2.45) is 0 Å². The molecule has 2 aromatic carbocycles. The number of carbonyl (C=O) groups excluding carboxylic acids is 1. The van der Waals surface area contributed by atoms with E-state index in [9.17, 15) is 17.6 Å². The van der Waals surface area contributed by atoms with Crippen LogP contribution in [0.4, 0.5) is 4.39 Å². The van der Waals surface area contributed by atoms with E-state index in [0.717, 1.165) is 4.31 Å². The molecule has 0 saturated carbocycles. The summed E-state index contributed by atoms with van der Waals surface area (Å²) in [6, 6.07) is 11.8. The predicted molar refractivity (Wildman–Crippen MR) is 100 cm³/mol. The maximum Gasteiger partial charge on any atom is 0.251 e. The van der Waals surface area contributed by atoms with Gasteiger partial charge >= 0.3 is 0 Å². The van der Waals surface area contributed by atoms with Gasteiger partial charge in [0.2, 0.25) is 10.0 Å². The monoisotopic (exact) mass is 394 g/mol. The van der Waals surface area contributed by atoms with Crippen LogP contribution in [0.15, 0.2) is 53.4 Å². The Labute approximate surface area is 159 Å². The third kappa shape index (κ3) is 4.52. The molecule has 0 spiro atoms. The summed E-state index contributed by atoms with van der Waals surface area (Å²) in [5.74, 6) is -0.835. The van der Waals surface area contributed by atoms with E-state index in [0.29, 0.717) is 11.1 Å². The third-order valence-corrected chi connectivity index (χ3v) is 6.20. The van der Waals surface area contributed by atoms with Crippen LogP contribution in [0.5, 0.6) is 0 Å². The molecular weight excluding hydrogens is 371 g/mol. The molecule has 8 heteroatoms. The lowest BCUT2D eigenvalue weighted by Crippen LogP contribution is -2.40. The lowest BCUT2D eigenvalue weighted by molar-refractivity contribution is 0.000388. The smallest absolute Gasteiger partial charge is 0.251 e. The molecular formula is C19H23FN2O4S. The van der Waals surface area contributed by atoms with Gasteiger partial charge in [0, 0.05) is 32.3 Å². The number of carbonyl (C=O) groups is 1. The Balaban J connectivity index is 2.14. The summed E-state index contributed by atoms with van der Waals surface area (Å²) in [6.45, 7) is 1.72. The van der Waals surface area contributed by atoms with Crippen molar-refractivity contribution in [2.75, 3.05) is 27.7 Å². The molecule has 1 amide bonds. The summed E-state index contributed by atoms with van der Waals surface area (Å²) in [4.78, 5) is 12.5. The Morgan fingerprint density at radius 2 is 1.74 bits per heavy atom. The Hall–Kier alpha value is -2.29. The van der Waals surface area contributed by atoms with Gasteiger partial charge in [0.25, 0.3) is 5.91 Å². The summed E-state index contributed by atoms with van der Waals surface area (Å²) < 4.78 is 44.8. The maximum absolute atomic E-state index is 14.1. The molecule has 27 heavy (non-hydrogen) atoms. The van der Waals surface area contributed by atoms with Crippen LogP contribution in [-0.2, 0) is 20.4 Å². The van der Waals surface area contributed by atoms with Crippen LogP contribution < -0.4 is 5.32 Å². The molecule has 0 heterocycles. The first kappa shape index (κ1) is 21.0. The van der Waals surface area contributed by atoms with Crippen LogP contribution in [0.3, 0.4) is 0 Å². The van der Waals surface area contributed by atoms with Crippen LogP contribution in [0.2, 0.25) is 0 Å². The van der Waals surface area contributed by atoms with Crippen LogP contribution in [0.25, 0.3) is 0 Å². The molecule has 0 aliphatic carbocycles. The van der Waals surface area contributed by atoms with E-state index in [1.165, 1.54) is 51.5 Å². The van der Waals surface area contributed by atoms with E-state index >= 15 is 0 Å². The zero-order chi connectivity index (χ0) is 20.2. The minimum Gasteiger partial charge on any atom is -0.372 e. The van der Waals surface area contributed by atoms with Crippen molar-refractivity contribution in [1.82, 2.24) is 9.62 Å². The average Bonchev–Trinajstić information content (AvgIpc) is 2.66. The quantitative estimate of drug-likeness (QED) is 0.782. The van der Waals surface area contributed by atoms with Crippen molar-refractivity contribution in [3.05, 3.63) is 65.5 Å². The molecule has 146 valence electrons. The number of nitrogens with one attached hydrogen (secondary N) is 1. The molecule has 1 atom stereocenters. The fourth-order valence-corrected chi connectivity index (χ4v) is 3.41. The minimum atomic E-state index is -3.56. The third-order valence-electron chi connectivity index (χ3n) is 4.38. The topological polar surface area (TPSA) is 75.7 Å². The van der Waals surface area contributed by atoms with Gasteiger partial charge in [0.15, 0.2) is 0 Å². The molecule has 0 fully saturated rings. The summed E-state index contributed by atoms with van der Waals surface area (Å²) in [7, 11) is 0.754. The highest BCUT2D eigenvalue weighted by Gasteiger charge is 2.30. The van der Waals surface area contributed by atoms with Gasteiger partial charge in [-0.25, -0.2) is 17.1 Å². The first-order valence-corrected chi connectivity index (χ1v) is 9.67. The standard InChI is InChI=1S/C19H23FN2O4S/c1-19(26-4,16-7-5-6-8-17(16)20)13-21-18(23)14-9-11-15(12-10-14)27(24,25)22(2)3/h5-12H,13H2,1-4H3,(H,21,23)/t19-/m1/s1. The van der Waals surface area contributed by atoms with Gasteiger partial charge in [0.05, 0.1) is 11.4 Å². The zero-order valence-electron chi connectivity index (χ0n) is 15.7. The van der Waals surface area contributed by atoms with E-state index in [1.54, 1.807) is 25.1 Å². The van der Waals surface area contributed by atoms with Gasteiger partial charge in [-0.1, -0.05) is 18.2 Å². The number of hydrogen-bond acceptors (Lipinski definition) is 4. The first-order valence-electron chi connectivity index (χ1n) is 8.23. The van der Waals surface area contributed by atoms with Gasteiger partial charge in [-0.2, -0.15) is 0 Å². The minimum absolute atomic E-state index is 0.0427. The predicted octanol–water partition coefficient (Wildman–Crippen LogP) is 2.37. The number of halogens is 1. The summed E-state index contributed by atoms with van der Waals surface area (Å²) >= 11 is 0. The maximum atomic E-state index is 14.1. The van der Waals surface area contributed by atoms with Gasteiger partial charge in [-0.05, 0) is 37.3 Å². The molecule has 0 aliphatic heterocycles. The lowest BCUT2D eigenvalue weighted by Gasteiger charge is -2.29. The van der Waals surface area contributed by atoms with Crippen molar-refractivity contribution >= 4 is 15.9 Å². The Kier molecular flexibility index (Phi) is 6.35. The molecule has 0 radical (unpaired) electrons. The van der Waals surface area contributed by atoms with Crippen molar-refractivity contribution < 1.29 is 22.3 Å². The lowest BCUT2D eigenvalue weighted by atomic mass is 9.95. The molecule has 6 nitrogen and oxygen atoms in total. The second-order valence-electron chi connectivity index (χ2n) is 6.41. The van der Waals surface area contributed by atoms with E-state index in [4.69, 9.17) is 4.74 Å². The number of ether oxygens (including phenoxy) is 1. The van der Waals surface area contributed by atoms with E-state index < -0.39 is 27.3 Å². The Morgan fingerprint density at radius 1 is 1.15 bits per heavy atom. The normalized spacial score (nSPS) is 14.0. The fourth-order valence-electron chi connectivity index (χ4n) is 2.51. The molecule has 0 bridgehead atoms. The molecule has 0 aliphatic rings. The second kappa shape index (κ2) is 8.16.